The SMILES string of the molecule is Cc1cc(O)n2nc(C)c(-c3ccc(N(C)C)nc3)c2n1. The Bertz CT molecular complexity index is 805. The molecule has 6 nitrogen and oxygen atoms in total. The van der Waals surface area contributed by atoms with E-state index < -0.39 is 0 Å². The summed E-state index contributed by atoms with van der Waals surface area (Å²) in [5.74, 6) is 0.976. The first-order valence-electron chi connectivity index (χ1n) is 6.67. The minimum atomic E-state index is 0.0877. The van der Waals surface area contributed by atoms with Crippen molar-refractivity contribution in [2.45, 2.75) is 13.8 Å². The van der Waals surface area contributed by atoms with E-state index in [-0.39, 0.29) is 5.88 Å². The first kappa shape index (κ1) is 13.4. The monoisotopic (exact) mass is 283 g/mol. The molecule has 0 aliphatic rings. The summed E-state index contributed by atoms with van der Waals surface area (Å²) in [6.45, 7) is 3.75. The maximum absolute atomic E-state index is 9.99. The first-order chi connectivity index (χ1) is 9.97. The standard InChI is InChI=1S/C15H17N5O/c1-9-7-13(21)20-15(17-9)14(10(2)18-20)11-5-6-12(16-8-11)19(3)4/h5-8,21H,1-4H3. The van der Waals surface area contributed by atoms with E-state index in [1.165, 1.54) is 4.52 Å². The van der Waals surface area contributed by atoms with Crippen molar-refractivity contribution in [2.75, 3.05) is 19.0 Å². The van der Waals surface area contributed by atoms with Gasteiger partial charge in [0.25, 0.3) is 0 Å². The van der Waals surface area contributed by atoms with Gasteiger partial charge >= 0.3 is 0 Å². The van der Waals surface area contributed by atoms with Gasteiger partial charge in [-0.05, 0) is 26.0 Å². The highest BCUT2D eigenvalue weighted by atomic mass is 16.3. The fourth-order valence-corrected chi connectivity index (χ4v) is 2.36. The van der Waals surface area contributed by atoms with E-state index in [1.807, 2.05) is 45.0 Å². The molecule has 3 aromatic rings. The molecule has 3 rings (SSSR count). The van der Waals surface area contributed by atoms with Gasteiger partial charge in [-0.15, -0.1) is 0 Å². The molecule has 21 heavy (non-hydrogen) atoms. The first-order valence-corrected chi connectivity index (χ1v) is 6.67. The van der Waals surface area contributed by atoms with Crippen molar-refractivity contribution in [1.82, 2.24) is 19.6 Å². The van der Waals surface area contributed by atoms with Crippen LogP contribution in [-0.2, 0) is 0 Å². The quantitative estimate of drug-likeness (QED) is 0.781. The molecule has 0 saturated heterocycles. The lowest BCUT2D eigenvalue weighted by atomic mass is 10.1. The zero-order valence-corrected chi connectivity index (χ0v) is 12.5. The van der Waals surface area contributed by atoms with E-state index in [2.05, 4.69) is 15.1 Å². The van der Waals surface area contributed by atoms with Gasteiger partial charge < -0.3 is 10.0 Å². The molecule has 0 aliphatic carbocycles. The zero-order valence-electron chi connectivity index (χ0n) is 12.5. The number of hydrogen-bond donors (Lipinski definition) is 1. The van der Waals surface area contributed by atoms with Gasteiger partial charge in [0, 0.05) is 37.6 Å². The minimum Gasteiger partial charge on any atom is -0.493 e. The van der Waals surface area contributed by atoms with Crippen LogP contribution in [0.15, 0.2) is 24.4 Å². The summed E-state index contributed by atoms with van der Waals surface area (Å²) >= 11 is 0. The lowest BCUT2D eigenvalue weighted by molar-refractivity contribution is 0.434. The molecule has 108 valence electrons. The smallest absolute Gasteiger partial charge is 0.215 e. The number of pyridine rings is 1. The molecule has 3 heterocycles. The molecule has 0 amide bonds. The Balaban J connectivity index is 2.22. The number of anilines is 1. The molecule has 3 aromatic heterocycles. The molecule has 1 N–H and O–H groups in total. The van der Waals surface area contributed by atoms with Crippen molar-refractivity contribution < 1.29 is 5.11 Å². The van der Waals surface area contributed by atoms with E-state index in [4.69, 9.17) is 0 Å². The fraction of sp³-hybridized carbons (Fsp3) is 0.267. The molecule has 0 saturated carbocycles. The van der Waals surface area contributed by atoms with Gasteiger partial charge in [-0.1, -0.05) is 0 Å². The molecule has 0 spiro atoms. The average molecular weight is 283 g/mol. The molecular weight excluding hydrogens is 266 g/mol. The summed E-state index contributed by atoms with van der Waals surface area (Å²) in [5, 5.41) is 14.3. The third-order valence-electron chi connectivity index (χ3n) is 3.37. The Hall–Kier alpha value is -2.63. The molecule has 0 bridgehead atoms. The highest BCUT2D eigenvalue weighted by Gasteiger charge is 2.16. The molecule has 0 atom stereocenters. The van der Waals surface area contributed by atoms with Crippen LogP contribution in [0.4, 0.5) is 5.82 Å². The van der Waals surface area contributed by atoms with Gasteiger partial charge in [-0.3, -0.25) is 0 Å². The number of nitrogens with zero attached hydrogens (tertiary/aromatic N) is 5. The van der Waals surface area contributed by atoms with E-state index >= 15 is 0 Å². The zero-order chi connectivity index (χ0) is 15.1. The number of aromatic nitrogens is 4. The Morgan fingerprint density at radius 3 is 2.57 bits per heavy atom. The topological polar surface area (TPSA) is 66.6 Å². The van der Waals surface area contributed by atoms with Crippen molar-refractivity contribution in [1.29, 1.82) is 0 Å². The van der Waals surface area contributed by atoms with Gasteiger partial charge in [0.05, 0.1) is 11.3 Å². The average Bonchev–Trinajstić information content (AvgIpc) is 2.75. The molecule has 0 aliphatic heterocycles. The van der Waals surface area contributed by atoms with E-state index in [9.17, 15) is 5.11 Å². The predicted octanol–water partition coefficient (Wildman–Crippen LogP) is 2.18. The molecule has 0 radical (unpaired) electrons. The lowest BCUT2D eigenvalue weighted by Crippen LogP contribution is -2.10. The Kier molecular flexibility index (Phi) is 3.01. The molecule has 6 heteroatoms. The van der Waals surface area contributed by atoms with Crippen molar-refractivity contribution in [3.8, 4) is 17.0 Å². The van der Waals surface area contributed by atoms with Crippen LogP contribution in [0, 0.1) is 13.8 Å². The van der Waals surface area contributed by atoms with E-state index in [1.54, 1.807) is 12.3 Å². The van der Waals surface area contributed by atoms with Crippen molar-refractivity contribution in [3.05, 3.63) is 35.8 Å². The van der Waals surface area contributed by atoms with Gasteiger partial charge in [0.2, 0.25) is 5.88 Å². The second-order valence-electron chi connectivity index (χ2n) is 5.25. The fourth-order valence-electron chi connectivity index (χ4n) is 2.36. The minimum absolute atomic E-state index is 0.0877. The summed E-state index contributed by atoms with van der Waals surface area (Å²) in [5.41, 5.74) is 4.03. The van der Waals surface area contributed by atoms with Crippen molar-refractivity contribution in [3.63, 3.8) is 0 Å². The van der Waals surface area contributed by atoms with Crippen LogP contribution in [-0.4, -0.2) is 38.8 Å². The predicted molar refractivity (Wildman–Crippen MR) is 81.7 cm³/mol. The maximum atomic E-state index is 9.99. The van der Waals surface area contributed by atoms with Gasteiger partial charge in [0.15, 0.2) is 5.65 Å². The Morgan fingerprint density at radius 1 is 1.19 bits per heavy atom. The van der Waals surface area contributed by atoms with Crippen molar-refractivity contribution >= 4 is 11.5 Å². The third-order valence-corrected chi connectivity index (χ3v) is 3.37. The molecule has 0 aromatic carbocycles. The second kappa shape index (κ2) is 4.73. The van der Waals surface area contributed by atoms with Crippen LogP contribution in [0.5, 0.6) is 5.88 Å². The normalized spacial score (nSPS) is 11.0. The van der Waals surface area contributed by atoms with Crippen LogP contribution in [0.3, 0.4) is 0 Å². The number of fused-ring (bicyclic) bond motifs is 1. The number of aryl methyl sites for hydroxylation is 2. The second-order valence-corrected chi connectivity index (χ2v) is 5.25. The summed E-state index contributed by atoms with van der Waals surface area (Å²) in [7, 11) is 3.90. The summed E-state index contributed by atoms with van der Waals surface area (Å²) in [6, 6.07) is 5.54. The van der Waals surface area contributed by atoms with Crippen LogP contribution >= 0.6 is 0 Å². The highest BCUT2D eigenvalue weighted by Crippen LogP contribution is 2.29. The Labute approximate surface area is 122 Å². The number of hydrogen-bond acceptors (Lipinski definition) is 5. The van der Waals surface area contributed by atoms with E-state index in [0.717, 1.165) is 28.3 Å². The van der Waals surface area contributed by atoms with Crippen LogP contribution in [0.2, 0.25) is 0 Å². The Morgan fingerprint density at radius 2 is 1.95 bits per heavy atom. The van der Waals surface area contributed by atoms with Gasteiger partial charge in [0.1, 0.15) is 5.82 Å². The molecular formula is C15H17N5O. The van der Waals surface area contributed by atoms with Gasteiger partial charge in [-0.2, -0.15) is 9.61 Å². The molecule has 0 fully saturated rings. The summed E-state index contributed by atoms with van der Waals surface area (Å²) in [6.07, 6.45) is 1.81. The summed E-state index contributed by atoms with van der Waals surface area (Å²) in [4.78, 5) is 10.9. The van der Waals surface area contributed by atoms with Crippen LogP contribution in [0.25, 0.3) is 16.8 Å². The lowest BCUT2D eigenvalue weighted by Gasteiger charge is -2.11. The van der Waals surface area contributed by atoms with Gasteiger partial charge in [-0.25, -0.2) is 9.97 Å². The maximum Gasteiger partial charge on any atom is 0.215 e. The third kappa shape index (κ3) is 2.18. The van der Waals surface area contributed by atoms with E-state index in [0.29, 0.717) is 5.65 Å². The summed E-state index contributed by atoms with van der Waals surface area (Å²) < 4.78 is 1.46. The number of rotatable bonds is 2. The number of aromatic hydroxyl groups is 1. The largest absolute Gasteiger partial charge is 0.493 e. The van der Waals surface area contributed by atoms with Crippen LogP contribution in [0.1, 0.15) is 11.4 Å². The van der Waals surface area contributed by atoms with Crippen molar-refractivity contribution in [2.24, 2.45) is 0 Å². The molecule has 0 unspecified atom stereocenters. The highest BCUT2D eigenvalue weighted by molar-refractivity contribution is 5.80. The van der Waals surface area contributed by atoms with Crippen LogP contribution < -0.4 is 4.90 Å².